The van der Waals surface area contributed by atoms with Crippen molar-refractivity contribution in [2.24, 2.45) is 0 Å². The number of hydrogen-bond donors (Lipinski definition) is 0. The molecule has 49 heavy (non-hydrogen) atoms. The molecule has 0 unspecified atom stereocenters. The Morgan fingerprint density at radius 2 is 0.612 bits per heavy atom. The van der Waals surface area contributed by atoms with Gasteiger partial charge in [-0.2, -0.15) is 0 Å². The monoisotopic (exact) mass is 776 g/mol. The van der Waals surface area contributed by atoms with Gasteiger partial charge in [0.1, 0.15) is 0 Å². The maximum Gasteiger partial charge on any atom is 6.00 e. The molecule has 0 aromatic rings. The van der Waals surface area contributed by atoms with Crippen LogP contribution in [0.4, 0.5) is 0 Å². The molecule has 0 saturated carbocycles. The van der Waals surface area contributed by atoms with Gasteiger partial charge in [0.25, 0.3) is 0 Å². The molecular formula is C26H48Cr2N12O9+6. The van der Waals surface area contributed by atoms with E-state index in [9.17, 15) is 39.6 Å². The molecule has 23 heteroatoms. The van der Waals surface area contributed by atoms with Crippen molar-refractivity contribution in [1.29, 1.82) is 0 Å². The number of rotatable bonds is 10. The van der Waals surface area contributed by atoms with Crippen LogP contribution in [0.5, 0.6) is 0 Å². The van der Waals surface area contributed by atoms with Gasteiger partial charge in [-0.05, 0) is 27.7 Å². The Bertz CT molecular complexity index is 857. The fraction of sp³-hybridized carbons (Fsp3) is 0.846. The zero-order chi connectivity index (χ0) is 35.7. The normalized spacial score (nSPS) is 16.9. The van der Waals surface area contributed by atoms with Gasteiger partial charge in [0.15, 0.2) is 0 Å². The standard InChI is InChI=1S/2C13H25N3O4.2Cr.2N3.H2O/c2*1-11(2)16-7-5-14(9-12(17)18)3-4-15(6-8-16)10-13(19)20;;;2*1-3-2;/h2*11H,3-10H2,1-2H3,(H,17,18)(H,19,20);;;;;1H2/q;;2*+6;2*-1;/p-4. The van der Waals surface area contributed by atoms with Crippen molar-refractivity contribution in [3.05, 3.63) is 31.9 Å². The minimum atomic E-state index is -1.10. The van der Waals surface area contributed by atoms with Crippen molar-refractivity contribution in [2.45, 2.75) is 39.8 Å². The number of aliphatic carboxylic acids is 4. The largest absolute Gasteiger partial charge is 6.00 e. The van der Waals surface area contributed by atoms with E-state index in [0.717, 1.165) is 26.2 Å². The molecule has 21 nitrogen and oxygen atoms in total. The van der Waals surface area contributed by atoms with Crippen molar-refractivity contribution in [3.8, 4) is 0 Å². The topological polar surface area (TPSA) is 329 Å². The second-order valence-corrected chi connectivity index (χ2v) is 11.0. The predicted molar refractivity (Wildman–Crippen MR) is 163 cm³/mol. The predicted octanol–water partition coefficient (Wildman–Crippen LogP) is -5.47. The molecule has 0 atom stereocenters. The van der Waals surface area contributed by atoms with E-state index in [2.05, 4.69) is 37.5 Å². The molecule has 0 spiro atoms. The molecule has 0 aromatic heterocycles. The summed E-state index contributed by atoms with van der Waals surface area (Å²) in [5, 5.41) is 43.0. The van der Waals surface area contributed by atoms with Crippen LogP contribution in [-0.2, 0) is 53.9 Å². The molecule has 272 valence electrons. The van der Waals surface area contributed by atoms with Crippen molar-refractivity contribution in [2.75, 3.05) is 105 Å². The Kier molecular flexibility index (Phi) is 38.4. The molecule has 2 heterocycles. The number of nitrogens with zero attached hydrogens (tertiary/aromatic N) is 12. The van der Waals surface area contributed by atoms with E-state index in [4.69, 9.17) is 22.1 Å². The van der Waals surface area contributed by atoms with Crippen LogP contribution in [0, 0.1) is 0 Å². The maximum absolute atomic E-state index is 10.7. The Balaban J connectivity index is -0.000000215. The summed E-state index contributed by atoms with van der Waals surface area (Å²) >= 11 is 0. The summed E-state index contributed by atoms with van der Waals surface area (Å²) < 4.78 is 0. The van der Waals surface area contributed by atoms with Gasteiger partial charge in [-0.1, -0.05) is 0 Å². The van der Waals surface area contributed by atoms with E-state index in [1.807, 2.05) is 0 Å². The van der Waals surface area contributed by atoms with Crippen LogP contribution in [0.2, 0.25) is 0 Å². The minimum Gasteiger partial charge on any atom is -0.549 e. The fourth-order valence-electron chi connectivity index (χ4n) is 4.71. The van der Waals surface area contributed by atoms with Crippen LogP contribution in [0.25, 0.3) is 31.9 Å². The SMILES string of the molecule is CC(C)N1CCN(CC(=O)[O-])CCN(CC(=O)[O-])CC1.CC(C)N1CCN(CC(=O)[O-])CCN(CC(=O)[O-])CC1.O.[Cr+6].[Cr+6].[N-]=[N+]=[N-].[N-]=[N+]=[N-]. The van der Waals surface area contributed by atoms with Gasteiger partial charge in [0.05, 0.1) is 23.9 Å². The van der Waals surface area contributed by atoms with Crippen LogP contribution in [0.1, 0.15) is 27.7 Å². The van der Waals surface area contributed by atoms with Gasteiger partial charge < -0.3 is 67.2 Å². The summed E-state index contributed by atoms with van der Waals surface area (Å²) in [6.07, 6.45) is 0. The zero-order valence-corrected chi connectivity index (χ0v) is 31.0. The van der Waals surface area contributed by atoms with E-state index in [1.165, 1.54) is 9.82 Å². The number of hydrogen-bond acceptors (Lipinski definition) is 14. The zero-order valence-electron chi connectivity index (χ0n) is 28.4. The van der Waals surface area contributed by atoms with Crippen LogP contribution in [-0.4, -0.2) is 176 Å². The second kappa shape index (κ2) is 33.8. The third kappa shape index (κ3) is 32.3. The molecule has 2 fully saturated rings. The number of carboxylic acid groups (broad SMARTS) is 4. The van der Waals surface area contributed by atoms with Gasteiger partial charge in [-0.15, -0.1) is 0 Å². The molecule has 2 aliphatic heterocycles. The van der Waals surface area contributed by atoms with E-state index in [0.29, 0.717) is 64.4 Å². The molecule has 0 aromatic carbocycles. The van der Waals surface area contributed by atoms with Gasteiger partial charge in [0.2, 0.25) is 0 Å². The van der Waals surface area contributed by atoms with Crippen molar-refractivity contribution >= 4 is 23.9 Å². The summed E-state index contributed by atoms with van der Waals surface area (Å²) in [7, 11) is 0. The third-order valence-corrected chi connectivity index (χ3v) is 7.15. The van der Waals surface area contributed by atoms with E-state index in [1.54, 1.807) is 19.6 Å². The summed E-state index contributed by atoms with van der Waals surface area (Å²) in [5.74, 6) is -4.42. The van der Waals surface area contributed by atoms with Gasteiger partial charge >= 0.3 is 34.7 Å². The second-order valence-electron chi connectivity index (χ2n) is 11.0. The Morgan fingerprint density at radius 1 is 0.469 bits per heavy atom. The van der Waals surface area contributed by atoms with Crippen molar-refractivity contribution in [1.82, 2.24) is 29.4 Å². The quantitative estimate of drug-likeness (QED) is 0.114. The average molecular weight is 777 g/mol. The third-order valence-electron chi connectivity index (χ3n) is 7.15. The van der Waals surface area contributed by atoms with E-state index in [-0.39, 0.29) is 66.4 Å². The van der Waals surface area contributed by atoms with Gasteiger partial charge in [0, 0.05) is 117 Å². The molecule has 2 aliphatic rings. The van der Waals surface area contributed by atoms with Gasteiger partial charge in [-0.3, -0.25) is 39.2 Å². The van der Waals surface area contributed by atoms with Gasteiger partial charge in [-0.25, -0.2) is 0 Å². The minimum absolute atomic E-state index is 0. The first-order chi connectivity index (χ1) is 21.6. The first-order valence-corrected chi connectivity index (χ1v) is 14.7. The first-order valence-electron chi connectivity index (χ1n) is 14.7. The van der Waals surface area contributed by atoms with Crippen molar-refractivity contribution < 1.29 is 79.8 Å². The Hall–Kier alpha value is -2.72. The van der Waals surface area contributed by atoms with Crippen molar-refractivity contribution in [3.63, 3.8) is 0 Å². The smallest absolute Gasteiger partial charge is 0.549 e. The first kappa shape index (κ1) is 55.7. The molecule has 2 rings (SSSR count). The molecule has 0 radical (unpaired) electrons. The van der Waals surface area contributed by atoms with Crippen LogP contribution < -0.4 is 20.4 Å². The Labute approximate surface area is 308 Å². The van der Waals surface area contributed by atoms with Crippen LogP contribution in [0.15, 0.2) is 0 Å². The molecule has 2 N–H and O–H groups in total. The number of carboxylic acids is 4. The molecule has 0 aliphatic carbocycles. The summed E-state index contributed by atoms with van der Waals surface area (Å²) in [6, 6.07) is 0.672. The molecule has 0 amide bonds. The van der Waals surface area contributed by atoms with E-state index >= 15 is 0 Å². The average Bonchev–Trinajstić information content (AvgIpc) is 3.08. The summed E-state index contributed by atoms with van der Waals surface area (Å²) in [4.78, 5) is 57.6. The molecule has 0 bridgehead atoms. The molecular weight excluding hydrogens is 728 g/mol. The van der Waals surface area contributed by atoms with Crippen LogP contribution in [0.3, 0.4) is 0 Å². The Morgan fingerprint density at radius 3 is 0.735 bits per heavy atom. The maximum atomic E-state index is 10.7. The summed E-state index contributed by atoms with van der Waals surface area (Å²) in [5.41, 5.74) is 27.0. The number of carbonyl (C=O) groups is 4. The van der Waals surface area contributed by atoms with E-state index < -0.39 is 23.9 Å². The molecule has 2 saturated heterocycles. The fourth-order valence-corrected chi connectivity index (χ4v) is 4.71. The van der Waals surface area contributed by atoms with Crippen LogP contribution >= 0.6 is 0 Å². The number of carbonyl (C=O) groups excluding carboxylic acids is 4. The summed E-state index contributed by atoms with van der Waals surface area (Å²) in [6.45, 7) is 15.5.